The van der Waals surface area contributed by atoms with Crippen LogP contribution in [0, 0.1) is 0 Å². The van der Waals surface area contributed by atoms with Gasteiger partial charge in [0.2, 0.25) is 0 Å². The van der Waals surface area contributed by atoms with E-state index in [2.05, 4.69) is 231 Å². The van der Waals surface area contributed by atoms with Crippen LogP contribution in [0.5, 0.6) is 0 Å². The molecule has 11 aromatic rings. The molecule has 0 N–H and O–H groups in total. The molecule has 0 spiro atoms. The van der Waals surface area contributed by atoms with E-state index in [1.165, 1.54) is 110 Å². The lowest BCUT2D eigenvalue weighted by Crippen LogP contribution is -2.28. The van der Waals surface area contributed by atoms with Crippen LogP contribution < -0.4 is 0 Å². The van der Waals surface area contributed by atoms with Crippen molar-refractivity contribution in [2.45, 2.75) is 5.41 Å². The Kier molecular flexibility index (Phi) is 7.55. The van der Waals surface area contributed by atoms with Gasteiger partial charge in [0, 0.05) is 0 Å². The molecule has 11 aromatic carbocycles. The number of hydrogen-bond acceptors (Lipinski definition) is 0. The molecule has 0 aromatic heterocycles. The lowest BCUT2D eigenvalue weighted by molar-refractivity contribution is 0.769. The van der Waals surface area contributed by atoms with E-state index in [0.717, 1.165) is 0 Å². The minimum absolute atomic E-state index is 0.488. The second kappa shape index (κ2) is 13.3. The third-order valence-electron chi connectivity index (χ3n) is 12.9. The van der Waals surface area contributed by atoms with Gasteiger partial charge in [-0.15, -0.1) is 0 Å². The zero-order valence-electron chi connectivity index (χ0n) is 32.4. The SMILES string of the molecule is c1ccc2c(c1)-c1ccccc1C2(c1ccc(-c2ccc3ccccc3c2)cc1)c1ccc(-c2c3ccccc3c(-c3ccc4ccccc4c3)c3ccccc23)cc1. The normalized spacial score (nSPS) is 12.9. The lowest BCUT2D eigenvalue weighted by atomic mass is 9.67. The highest BCUT2D eigenvalue weighted by atomic mass is 14.5. The van der Waals surface area contributed by atoms with Gasteiger partial charge in [0.25, 0.3) is 0 Å². The van der Waals surface area contributed by atoms with Crippen LogP contribution in [-0.2, 0) is 5.41 Å². The van der Waals surface area contributed by atoms with Gasteiger partial charge in [-0.05, 0) is 122 Å². The third-order valence-corrected chi connectivity index (χ3v) is 12.9. The lowest BCUT2D eigenvalue weighted by Gasteiger charge is -2.34. The predicted molar refractivity (Wildman–Crippen MR) is 250 cm³/mol. The van der Waals surface area contributed by atoms with Crippen molar-refractivity contribution in [1.29, 1.82) is 0 Å². The summed E-state index contributed by atoms with van der Waals surface area (Å²) in [7, 11) is 0. The molecule has 0 heteroatoms. The van der Waals surface area contributed by atoms with Crippen molar-refractivity contribution in [3.8, 4) is 44.5 Å². The van der Waals surface area contributed by atoms with Crippen molar-refractivity contribution < 1.29 is 0 Å². The van der Waals surface area contributed by atoms with Gasteiger partial charge >= 0.3 is 0 Å². The fraction of sp³-hybridized carbons (Fsp3) is 0.0169. The molecule has 0 nitrogen and oxygen atoms in total. The number of fused-ring (bicyclic) bond motifs is 7. The third kappa shape index (κ3) is 5.10. The average molecular weight is 747 g/mol. The standard InChI is InChI=1S/C59H38/c1-3-15-43-37-45(27-25-39(43)13-1)41-29-33-47(34-30-41)59(55-23-11-9-17-49(55)50-18-10-12-24-56(50)59)48-35-31-42(32-36-48)57-51-19-5-7-21-53(51)58(54-22-8-6-20-52(54)57)46-28-26-40-14-2-4-16-44(40)38-46/h1-38H. The molecule has 0 radical (unpaired) electrons. The van der Waals surface area contributed by atoms with Crippen LogP contribution in [0.3, 0.4) is 0 Å². The summed E-state index contributed by atoms with van der Waals surface area (Å²) in [5.74, 6) is 0. The minimum atomic E-state index is -0.488. The zero-order chi connectivity index (χ0) is 38.9. The summed E-state index contributed by atoms with van der Waals surface area (Å²) in [4.78, 5) is 0. The van der Waals surface area contributed by atoms with Crippen molar-refractivity contribution in [3.05, 3.63) is 253 Å². The molecular formula is C59H38. The molecule has 0 amide bonds. The summed E-state index contributed by atoms with van der Waals surface area (Å²) >= 11 is 0. The van der Waals surface area contributed by atoms with E-state index in [1.54, 1.807) is 0 Å². The molecule has 0 aliphatic heterocycles. The van der Waals surface area contributed by atoms with Gasteiger partial charge in [-0.2, -0.15) is 0 Å². The highest BCUT2D eigenvalue weighted by Crippen LogP contribution is 2.56. The molecule has 0 unspecified atom stereocenters. The Balaban J connectivity index is 1.05. The largest absolute Gasteiger partial charge is 0.0713 e. The molecule has 274 valence electrons. The topological polar surface area (TPSA) is 0 Å². The van der Waals surface area contributed by atoms with Crippen LogP contribution in [0.2, 0.25) is 0 Å². The maximum Gasteiger partial charge on any atom is 0.0713 e. The van der Waals surface area contributed by atoms with Crippen LogP contribution in [0.1, 0.15) is 22.3 Å². The van der Waals surface area contributed by atoms with E-state index >= 15 is 0 Å². The first-order chi connectivity index (χ1) is 29.3. The summed E-state index contributed by atoms with van der Waals surface area (Å²) < 4.78 is 0. The van der Waals surface area contributed by atoms with E-state index in [-0.39, 0.29) is 0 Å². The van der Waals surface area contributed by atoms with Crippen molar-refractivity contribution in [3.63, 3.8) is 0 Å². The highest BCUT2D eigenvalue weighted by Gasteiger charge is 2.45. The fourth-order valence-electron chi connectivity index (χ4n) is 10.3. The van der Waals surface area contributed by atoms with Crippen LogP contribution in [-0.4, -0.2) is 0 Å². The van der Waals surface area contributed by atoms with Crippen LogP contribution >= 0.6 is 0 Å². The first-order valence-electron chi connectivity index (χ1n) is 20.6. The second-order valence-corrected chi connectivity index (χ2v) is 16.0. The van der Waals surface area contributed by atoms with Gasteiger partial charge in [0.15, 0.2) is 0 Å². The molecule has 0 bridgehead atoms. The van der Waals surface area contributed by atoms with Crippen molar-refractivity contribution in [2.75, 3.05) is 0 Å². The molecule has 0 atom stereocenters. The van der Waals surface area contributed by atoms with Gasteiger partial charge in [-0.25, -0.2) is 0 Å². The Hall–Kier alpha value is -7.54. The van der Waals surface area contributed by atoms with Crippen LogP contribution in [0.4, 0.5) is 0 Å². The van der Waals surface area contributed by atoms with Gasteiger partial charge in [-0.1, -0.05) is 218 Å². The zero-order valence-corrected chi connectivity index (χ0v) is 32.4. The summed E-state index contributed by atoms with van der Waals surface area (Å²) in [5.41, 5.74) is 14.7. The number of benzene rings is 11. The highest BCUT2D eigenvalue weighted by molar-refractivity contribution is 6.21. The quantitative estimate of drug-likeness (QED) is 0.154. The molecule has 0 fully saturated rings. The Morgan fingerprint density at radius 1 is 0.237 bits per heavy atom. The number of hydrogen-bond donors (Lipinski definition) is 0. The molecule has 0 heterocycles. The summed E-state index contributed by atoms with van der Waals surface area (Å²) in [6, 6.07) is 85.8. The molecule has 59 heavy (non-hydrogen) atoms. The Morgan fingerprint density at radius 3 is 1.10 bits per heavy atom. The first-order valence-corrected chi connectivity index (χ1v) is 20.6. The molecule has 0 saturated carbocycles. The van der Waals surface area contributed by atoms with E-state index in [4.69, 9.17) is 0 Å². The smallest absolute Gasteiger partial charge is 0.0619 e. The fourth-order valence-corrected chi connectivity index (χ4v) is 10.3. The molecule has 1 aliphatic carbocycles. The second-order valence-electron chi connectivity index (χ2n) is 16.0. The minimum Gasteiger partial charge on any atom is -0.0619 e. The summed E-state index contributed by atoms with van der Waals surface area (Å²) in [5, 5.41) is 10.1. The first kappa shape index (κ1) is 33.6. The van der Waals surface area contributed by atoms with E-state index in [0.29, 0.717) is 0 Å². The van der Waals surface area contributed by atoms with Gasteiger partial charge in [0.1, 0.15) is 0 Å². The van der Waals surface area contributed by atoms with Crippen molar-refractivity contribution in [2.24, 2.45) is 0 Å². The van der Waals surface area contributed by atoms with Gasteiger partial charge in [0.05, 0.1) is 5.41 Å². The van der Waals surface area contributed by atoms with Crippen LogP contribution in [0.25, 0.3) is 87.6 Å². The van der Waals surface area contributed by atoms with Gasteiger partial charge in [-0.3, -0.25) is 0 Å². The van der Waals surface area contributed by atoms with Gasteiger partial charge < -0.3 is 0 Å². The monoisotopic (exact) mass is 746 g/mol. The molecular weight excluding hydrogens is 709 g/mol. The molecule has 0 saturated heterocycles. The summed E-state index contributed by atoms with van der Waals surface area (Å²) in [6.07, 6.45) is 0. The van der Waals surface area contributed by atoms with E-state index in [1.807, 2.05) is 0 Å². The molecule has 12 rings (SSSR count). The molecule has 1 aliphatic rings. The van der Waals surface area contributed by atoms with E-state index in [9.17, 15) is 0 Å². The Labute approximate surface area is 344 Å². The maximum atomic E-state index is 2.40. The Bertz CT molecular complexity index is 3320. The van der Waals surface area contributed by atoms with Crippen molar-refractivity contribution >= 4 is 43.1 Å². The maximum absolute atomic E-state index is 2.40. The predicted octanol–water partition coefficient (Wildman–Crippen LogP) is 15.7. The van der Waals surface area contributed by atoms with Crippen molar-refractivity contribution in [1.82, 2.24) is 0 Å². The number of rotatable bonds is 5. The van der Waals surface area contributed by atoms with E-state index < -0.39 is 5.41 Å². The summed E-state index contributed by atoms with van der Waals surface area (Å²) in [6.45, 7) is 0. The Morgan fingerprint density at radius 2 is 0.593 bits per heavy atom. The average Bonchev–Trinajstić information content (AvgIpc) is 3.61. The van der Waals surface area contributed by atoms with Crippen LogP contribution in [0.15, 0.2) is 231 Å².